The fourth-order valence-electron chi connectivity index (χ4n) is 2.35. The summed E-state index contributed by atoms with van der Waals surface area (Å²) in [7, 11) is 0. The Balaban J connectivity index is 1.97. The third kappa shape index (κ3) is 2.35. The first-order valence-electron chi connectivity index (χ1n) is 5.46. The quantitative estimate of drug-likeness (QED) is 0.550. The highest BCUT2D eigenvalue weighted by Crippen LogP contribution is 2.33. The lowest BCUT2D eigenvalue weighted by Gasteiger charge is -2.24. The van der Waals surface area contributed by atoms with Crippen molar-refractivity contribution < 1.29 is 4.92 Å². The molecule has 0 radical (unpaired) electrons. The minimum atomic E-state index is -0.301. The number of rotatable bonds is 2. The van der Waals surface area contributed by atoms with Crippen LogP contribution in [-0.4, -0.2) is 11.0 Å². The van der Waals surface area contributed by atoms with Gasteiger partial charge in [-0.3, -0.25) is 10.1 Å². The molecule has 0 heterocycles. The van der Waals surface area contributed by atoms with E-state index in [0.717, 1.165) is 25.7 Å². The molecule has 0 spiro atoms. The predicted molar refractivity (Wildman–Crippen MR) is 58.4 cm³/mol. The first kappa shape index (κ1) is 10.1. The minimum absolute atomic E-state index is 0.124. The highest BCUT2D eigenvalue weighted by atomic mass is 16.6. The summed E-state index contributed by atoms with van der Waals surface area (Å²) >= 11 is 0. The molecule has 1 aliphatic rings. The maximum Gasteiger partial charge on any atom is 0.213 e. The first-order valence-corrected chi connectivity index (χ1v) is 5.46. The van der Waals surface area contributed by atoms with Crippen molar-refractivity contribution in [3.05, 3.63) is 46.0 Å². The van der Waals surface area contributed by atoms with Gasteiger partial charge in [0.2, 0.25) is 6.04 Å². The SMILES string of the molecule is O=[N+]([O-])C1CCC(c2ccccc2)CC1. The zero-order valence-corrected chi connectivity index (χ0v) is 8.63. The van der Waals surface area contributed by atoms with Gasteiger partial charge in [0.25, 0.3) is 0 Å². The molecular weight excluding hydrogens is 190 g/mol. The molecule has 15 heavy (non-hydrogen) atoms. The van der Waals surface area contributed by atoms with Crippen molar-refractivity contribution in [2.45, 2.75) is 37.6 Å². The summed E-state index contributed by atoms with van der Waals surface area (Å²) in [4.78, 5) is 10.5. The van der Waals surface area contributed by atoms with Crippen molar-refractivity contribution in [1.82, 2.24) is 0 Å². The molecule has 0 amide bonds. The van der Waals surface area contributed by atoms with Gasteiger partial charge in [0.15, 0.2) is 0 Å². The molecular formula is C12H15NO2. The van der Waals surface area contributed by atoms with Crippen molar-refractivity contribution in [2.24, 2.45) is 0 Å². The minimum Gasteiger partial charge on any atom is -0.264 e. The molecule has 3 nitrogen and oxygen atoms in total. The summed E-state index contributed by atoms with van der Waals surface area (Å²) in [5.41, 5.74) is 1.33. The standard InChI is InChI=1S/C12H15NO2/c14-13(15)12-8-6-11(7-9-12)10-4-2-1-3-5-10/h1-5,11-12H,6-9H2. The third-order valence-electron chi connectivity index (χ3n) is 3.27. The number of nitro groups is 1. The Bertz CT molecular complexity index is 329. The van der Waals surface area contributed by atoms with Crippen LogP contribution in [0.25, 0.3) is 0 Å². The number of hydrogen-bond acceptors (Lipinski definition) is 2. The topological polar surface area (TPSA) is 43.1 Å². The first-order chi connectivity index (χ1) is 7.27. The van der Waals surface area contributed by atoms with Gasteiger partial charge in [0.05, 0.1) is 0 Å². The maximum absolute atomic E-state index is 10.6. The van der Waals surface area contributed by atoms with Crippen LogP contribution < -0.4 is 0 Å². The molecule has 1 aliphatic carbocycles. The molecule has 0 atom stereocenters. The summed E-state index contributed by atoms with van der Waals surface area (Å²) in [6.07, 6.45) is 3.37. The predicted octanol–water partition coefficient (Wildman–Crippen LogP) is 2.99. The molecule has 80 valence electrons. The number of nitrogens with zero attached hydrogens (tertiary/aromatic N) is 1. The van der Waals surface area contributed by atoms with Gasteiger partial charge in [-0.15, -0.1) is 0 Å². The third-order valence-corrected chi connectivity index (χ3v) is 3.27. The molecule has 1 aromatic rings. The Morgan fingerprint density at radius 2 is 1.67 bits per heavy atom. The van der Waals surface area contributed by atoms with Crippen LogP contribution in [0.3, 0.4) is 0 Å². The molecule has 0 bridgehead atoms. The Morgan fingerprint density at radius 1 is 1.07 bits per heavy atom. The van der Waals surface area contributed by atoms with E-state index in [1.807, 2.05) is 18.2 Å². The summed E-state index contributed by atoms with van der Waals surface area (Å²) in [5, 5.41) is 10.6. The second kappa shape index (κ2) is 4.43. The maximum atomic E-state index is 10.6. The molecule has 0 aliphatic heterocycles. The van der Waals surface area contributed by atoms with Gasteiger partial charge in [-0.05, 0) is 24.3 Å². The van der Waals surface area contributed by atoms with E-state index in [1.165, 1.54) is 5.56 Å². The summed E-state index contributed by atoms with van der Waals surface area (Å²) in [5.74, 6) is 0.530. The van der Waals surface area contributed by atoms with Gasteiger partial charge in [0.1, 0.15) is 0 Å². The molecule has 1 aromatic carbocycles. The number of benzene rings is 1. The van der Waals surface area contributed by atoms with Crippen molar-refractivity contribution in [2.75, 3.05) is 0 Å². The lowest BCUT2D eigenvalue weighted by atomic mass is 9.82. The van der Waals surface area contributed by atoms with Gasteiger partial charge >= 0.3 is 0 Å². The summed E-state index contributed by atoms with van der Waals surface area (Å²) < 4.78 is 0. The highest BCUT2D eigenvalue weighted by molar-refractivity contribution is 5.19. The molecule has 0 N–H and O–H groups in total. The van der Waals surface area contributed by atoms with E-state index >= 15 is 0 Å². The molecule has 3 heteroatoms. The molecule has 1 saturated carbocycles. The van der Waals surface area contributed by atoms with Gasteiger partial charge in [0, 0.05) is 17.8 Å². The zero-order chi connectivity index (χ0) is 10.7. The van der Waals surface area contributed by atoms with Gasteiger partial charge < -0.3 is 0 Å². The Labute approximate surface area is 89.3 Å². The van der Waals surface area contributed by atoms with E-state index in [4.69, 9.17) is 0 Å². The van der Waals surface area contributed by atoms with Crippen LogP contribution in [0.5, 0.6) is 0 Å². The second-order valence-corrected chi connectivity index (χ2v) is 4.20. The summed E-state index contributed by atoms with van der Waals surface area (Å²) in [6.45, 7) is 0. The average Bonchev–Trinajstić information content (AvgIpc) is 2.30. The van der Waals surface area contributed by atoms with Crippen LogP contribution in [0.2, 0.25) is 0 Å². The van der Waals surface area contributed by atoms with Crippen molar-refractivity contribution >= 4 is 0 Å². The summed E-state index contributed by atoms with van der Waals surface area (Å²) in [6, 6.07) is 10.0. The van der Waals surface area contributed by atoms with Crippen LogP contribution in [-0.2, 0) is 0 Å². The molecule has 0 aromatic heterocycles. The molecule has 1 fully saturated rings. The van der Waals surface area contributed by atoms with E-state index < -0.39 is 0 Å². The zero-order valence-electron chi connectivity index (χ0n) is 8.63. The lowest BCUT2D eigenvalue weighted by molar-refractivity contribution is -0.526. The normalized spacial score (nSPS) is 26.1. The second-order valence-electron chi connectivity index (χ2n) is 4.20. The van der Waals surface area contributed by atoms with Crippen LogP contribution in [0, 0.1) is 10.1 Å². The van der Waals surface area contributed by atoms with Crippen LogP contribution in [0.4, 0.5) is 0 Å². The monoisotopic (exact) mass is 205 g/mol. The fraction of sp³-hybridized carbons (Fsp3) is 0.500. The van der Waals surface area contributed by atoms with Gasteiger partial charge in [-0.1, -0.05) is 30.3 Å². The number of hydrogen-bond donors (Lipinski definition) is 0. The Kier molecular flexibility index (Phi) is 2.99. The smallest absolute Gasteiger partial charge is 0.213 e. The van der Waals surface area contributed by atoms with E-state index in [1.54, 1.807) is 0 Å². The Morgan fingerprint density at radius 3 is 2.20 bits per heavy atom. The van der Waals surface area contributed by atoms with Crippen LogP contribution >= 0.6 is 0 Å². The van der Waals surface area contributed by atoms with Crippen molar-refractivity contribution in [1.29, 1.82) is 0 Å². The van der Waals surface area contributed by atoms with E-state index in [9.17, 15) is 10.1 Å². The van der Waals surface area contributed by atoms with Gasteiger partial charge in [-0.2, -0.15) is 0 Å². The lowest BCUT2D eigenvalue weighted by Crippen LogP contribution is -2.25. The molecule has 0 unspecified atom stereocenters. The van der Waals surface area contributed by atoms with E-state index in [-0.39, 0.29) is 11.0 Å². The van der Waals surface area contributed by atoms with Gasteiger partial charge in [-0.25, -0.2) is 0 Å². The fourth-order valence-corrected chi connectivity index (χ4v) is 2.35. The highest BCUT2D eigenvalue weighted by Gasteiger charge is 2.28. The van der Waals surface area contributed by atoms with E-state index in [2.05, 4.69) is 12.1 Å². The Hall–Kier alpha value is -1.38. The van der Waals surface area contributed by atoms with E-state index in [0.29, 0.717) is 5.92 Å². The van der Waals surface area contributed by atoms with Crippen molar-refractivity contribution in [3.8, 4) is 0 Å². The van der Waals surface area contributed by atoms with Crippen molar-refractivity contribution in [3.63, 3.8) is 0 Å². The van der Waals surface area contributed by atoms with Crippen LogP contribution in [0.1, 0.15) is 37.2 Å². The van der Waals surface area contributed by atoms with Crippen LogP contribution in [0.15, 0.2) is 30.3 Å². The molecule has 2 rings (SSSR count). The largest absolute Gasteiger partial charge is 0.264 e. The molecule has 0 saturated heterocycles. The average molecular weight is 205 g/mol.